The summed E-state index contributed by atoms with van der Waals surface area (Å²) in [5.41, 5.74) is 3.68. The molecular weight excluding hydrogens is 492 g/mol. The fourth-order valence-electron chi connectivity index (χ4n) is 5.51. The monoisotopic (exact) mass is 526 g/mol. The predicted molar refractivity (Wildman–Crippen MR) is 151 cm³/mol. The van der Waals surface area contributed by atoms with Gasteiger partial charge in [0, 0.05) is 30.0 Å². The number of carbonyl (C=O) groups excluding carboxylic acids is 3. The van der Waals surface area contributed by atoms with Gasteiger partial charge in [0.1, 0.15) is 17.8 Å². The van der Waals surface area contributed by atoms with E-state index in [2.05, 4.69) is 10.2 Å². The number of hydrogen-bond acceptors (Lipinski definition) is 5. The average Bonchev–Trinajstić information content (AvgIpc) is 3.21. The number of hydrogen-bond donors (Lipinski definition) is 1. The van der Waals surface area contributed by atoms with Gasteiger partial charge in [0.05, 0.1) is 13.8 Å². The fourth-order valence-corrected chi connectivity index (χ4v) is 5.51. The molecule has 39 heavy (non-hydrogen) atoms. The van der Waals surface area contributed by atoms with Gasteiger partial charge in [-0.05, 0) is 86.3 Å². The van der Waals surface area contributed by atoms with Crippen molar-refractivity contribution in [3.05, 3.63) is 89.5 Å². The summed E-state index contributed by atoms with van der Waals surface area (Å²) >= 11 is 0. The van der Waals surface area contributed by atoms with Gasteiger partial charge < -0.3 is 24.8 Å². The van der Waals surface area contributed by atoms with E-state index in [0.29, 0.717) is 43.9 Å². The number of para-hydroxylation sites is 1. The Balaban J connectivity index is 1.32. The first kappa shape index (κ1) is 26.3. The van der Waals surface area contributed by atoms with Gasteiger partial charge in [-0.25, -0.2) is 0 Å². The van der Waals surface area contributed by atoms with Crippen molar-refractivity contribution in [3.63, 3.8) is 0 Å². The molecule has 8 heteroatoms. The molecule has 2 aliphatic rings. The molecule has 0 aliphatic carbocycles. The van der Waals surface area contributed by atoms with Crippen LogP contribution in [0.5, 0.6) is 5.75 Å². The van der Waals surface area contributed by atoms with E-state index in [1.807, 2.05) is 62.4 Å². The van der Waals surface area contributed by atoms with Crippen molar-refractivity contribution >= 4 is 29.1 Å². The maximum atomic E-state index is 14.0. The van der Waals surface area contributed by atoms with Crippen LogP contribution in [0.2, 0.25) is 0 Å². The van der Waals surface area contributed by atoms with Gasteiger partial charge >= 0.3 is 0 Å². The van der Waals surface area contributed by atoms with Crippen molar-refractivity contribution in [2.45, 2.75) is 32.2 Å². The molecule has 0 aromatic heterocycles. The van der Waals surface area contributed by atoms with Gasteiger partial charge in [0.2, 0.25) is 5.91 Å². The number of nitrogens with zero attached hydrogens (tertiary/aromatic N) is 3. The van der Waals surface area contributed by atoms with Crippen LogP contribution in [0.4, 0.5) is 11.4 Å². The summed E-state index contributed by atoms with van der Waals surface area (Å²) in [6.45, 7) is 5.20. The number of methoxy groups -OCH3 is 1. The van der Waals surface area contributed by atoms with Gasteiger partial charge in [0.25, 0.3) is 11.8 Å². The Labute approximate surface area is 229 Å². The van der Waals surface area contributed by atoms with Crippen molar-refractivity contribution in [1.29, 1.82) is 0 Å². The average molecular weight is 527 g/mol. The van der Waals surface area contributed by atoms with Crippen molar-refractivity contribution in [1.82, 2.24) is 9.80 Å². The molecule has 2 fully saturated rings. The van der Waals surface area contributed by atoms with E-state index in [-0.39, 0.29) is 24.3 Å². The lowest BCUT2D eigenvalue weighted by Crippen LogP contribution is -2.57. The molecular formula is C31H34N4O4. The highest BCUT2D eigenvalue weighted by atomic mass is 16.5. The summed E-state index contributed by atoms with van der Waals surface area (Å²) < 4.78 is 5.20. The molecule has 3 amide bonds. The third-order valence-electron chi connectivity index (χ3n) is 7.92. The van der Waals surface area contributed by atoms with Crippen LogP contribution in [0.15, 0.2) is 72.8 Å². The summed E-state index contributed by atoms with van der Waals surface area (Å²) in [7, 11) is 1.59. The van der Waals surface area contributed by atoms with Crippen LogP contribution in [0, 0.1) is 13.8 Å². The van der Waals surface area contributed by atoms with Crippen LogP contribution < -0.4 is 15.0 Å². The number of piperidine rings is 1. The third kappa shape index (κ3) is 5.19. The fraction of sp³-hybridized carbons (Fsp3) is 0.323. The van der Waals surface area contributed by atoms with Crippen LogP contribution >= 0.6 is 0 Å². The molecule has 1 N–H and O–H groups in total. The number of carbonyl (C=O) groups is 3. The van der Waals surface area contributed by atoms with E-state index in [4.69, 9.17) is 4.74 Å². The number of nitrogens with one attached hydrogen (secondary N) is 1. The lowest BCUT2D eigenvalue weighted by Gasteiger charge is -2.43. The SMILES string of the molecule is COc1ccc(C(=O)N2CCC3(CC2)C(=O)N(CC(=O)Nc2ccc(C)c(C)c2)CN3c2ccccc2)cc1. The standard InChI is InChI=1S/C31H34N4O4/c1-22-9-12-25(19-23(22)2)32-28(36)20-34-21-35(26-7-5-4-6-8-26)31(30(34)38)15-17-33(18-16-31)29(37)24-10-13-27(39-3)14-11-24/h4-14,19H,15-18,20-21H2,1-3H3,(H,32,36). The second kappa shape index (κ2) is 10.8. The second-order valence-electron chi connectivity index (χ2n) is 10.3. The second-order valence-corrected chi connectivity index (χ2v) is 10.3. The van der Waals surface area contributed by atoms with E-state index in [1.165, 1.54) is 0 Å². The minimum atomic E-state index is -0.807. The maximum absolute atomic E-state index is 14.0. The Morgan fingerprint density at radius 1 is 0.923 bits per heavy atom. The van der Waals surface area contributed by atoms with Crippen LogP contribution in [0.3, 0.4) is 0 Å². The van der Waals surface area contributed by atoms with Crippen LogP contribution in [-0.2, 0) is 9.59 Å². The number of ether oxygens (including phenoxy) is 1. The van der Waals surface area contributed by atoms with Crippen molar-refractivity contribution < 1.29 is 19.1 Å². The van der Waals surface area contributed by atoms with E-state index in [9.17, 15) is 14.4 Å². The molecule has 1 spiro atoms. The lowest BCUT2D eigenvalue weighted by molar-refractivity contribution is -0.136. The van der Waals surface area contributed by atoms with Gasteiger partial charge in [-0.15, -0.1) is 0 Å². The summed E-state index contributed by atoms with van der Waals surface area (Å²) in [6.07, 6.45) is 0.968. The van der Waals surface area contributed by atoms with E-state index in [0.717, 1.165) is 22.5 Å². The number of aryl methyl sites for hydroxylation is 2. The Morgan fingerprint density at radius 2 is 1.62 bits per heavy atom. The van der Waals surface area contributed by atoms with Crippen molar-refractivity contribution in [3.8, 4) is 5.75 Å². The van der Waals surface area contributed by atoms with E-state index in [1.54, 1.807) is 41.2 Å². The Kier molecular flexibility index (Phi) is 7.28. The van der Waals surface area contributed by atoms with E-state index >= 15 is 0 Å². The number of likely N-dealkylation sites (tertiary alicyclic amines) is 1. The Hall–Kier alpha value is -4.33. The molecule has 8 nitrogen and oxygen atoms in total. The van der Waals surface area contributed by atoms with Gasteiger partial charge in [0.15, 0.2) is 0 Å². The van der Waals surface area contributed by atoms with Crippen molar-refractivity contribution in [2.24, 2.45) is 0 Å². The smallest absolute Gasteiger partial charge is 0.253 e. The van der Waals surface area contributed by atoms with Crippen LogP contribution in [0.25, 0.3) is 0 Å². The lowest BCUT2D eigenvalue weighted by atomic mass is 9.85. The molecule has 0 radical (unpaired) electrons. The van der Waals surface area contributed by atoms with Gasteiger partial charge in [-0.3, -0.25) is 14.4 Å². The minimum Gasteiger partial charge on any atom is -0.497 e. The number of anilines is 2. The zero-order valence-corrected chi connectivity index (χ0v) is 22.6. The molecule has 2 heterocycles. The predicted octanol–water partition coefficient (Wildman–Crippen LogP) is 4.23. The van der Waals surface area contributed by atoms with Crippen LogP contribution in [-0.4, -0.2) is 66.5 Å². The number of benzene rings is 3. The van der Waals surface area contributed by atoms with Gasteiger partial charge in [-0.1, -0.05) is 24.3 Å². The maximum Gasteiger partial charge on any atom is 0.253 e. The molecule has 0 saturated carbocycles. The Bertz CT molecular complexity index is 1370. The topological polar surface area (TPSA) is 82.2 Å². The highest BCUT2D eigenvalue weighted by molar-refractivity contribution is 6.00. The first-order chi connectivity index (χ1) is 18.8. The summed E-state index contributed by atoms with van der Waals surface area (Å²) in [4.78, 5) is 45.7. The Morgan fingerprint density at radius 3 is 2.26 bits per heavy atom. The molecule has 0 bridgehead atoms. The highest BCUT2D eigenvalue weighted by Gasteiger charge is 2.54. The normalized spacial score (nSPS) is 16.5. The first-order valence-corrected chi connectivity index (χ1v) is 13.2. The highest BCUT2D eigenvalue weighted by Crippen LogP contribution is 2.39. The molecule has 202 valence electrons. The molecule has 5 rings (SSSR count). The molecule has 2 aliphatic heterocycles. The summed E-state index contributed by atoms with van der Waals surface area (Å²) in [5, 5.41) is 2.94. The molecule has 3 aromatic rings. The van der Waals surface area contributed by atoms with E-state index < -0.39 is 5.54 Å². The molecule has 3 aromatic carbocycles. The number of rotatable bonds is 6. The quantitative estimate of drug-likeness (QED) is 0.520. The van der Waals surface area contributed by atoms with Crippen molar-refractivity contribution in [2.75, 3.05) is 43.6 Å². The summed E-state index contributed by atoms with van der Waals surface area (Å²) in [5.74, 6) is 0.330. The minimum absolute atomic E-state index is 0.0364. The third-order valence-corrected chi connectivity index (χ3v) is 7.92. The zero-order chi connectivity index (χ0) is 27.6. The molecule has 0 unspecified atom stereocenters. The zero-order valence-electron chi connectivity index (χ0n) is 22.6. The van der Waals surface area contributed by atoms with Crippen LogP contribution in [0.1, 0.15) is 34.3 Å². The molecule has 2 saturated heterocycles. The molecule has 0 atom stereocenters. The number of amides is 3. The van der Waals surface area contributed by atoms with Gasteiger partial charge in [-0.2, -0.15) is 0 Å². The largest absolute Gasteiger partial charge is 0.497 e. The first-order valence-electron chi connectivity index (χ1n) is 13.2. The summed E-state index contributed by atoms with van der Waals surface area (Å²) in [6, 6.07) is 22.7.